The number of likely N-dealkylation sites (N-methyl/N-ethyl adjacent to an activating group) is 1. The Hall–Kier alpha value is -2.33. The van der Waals surface area contributed by atoms with Crippen molar-refractivity contribution in [2.24, 2.45) is 5.73 Å². The third-order valence-electron chi connectivity index (χ3n) is 3.74. The number of nitrogens with two attached hydrogens (primary N) is 1. The first-order valence-corrected chi connectivity index (χ1v) is 7.20. The van der Waals surface area contributed by atoms with Gasteiger partial charge in [-0.1, -0.05) is 36.4 Å². The molecule has 4 nitrogen and oxygen atoms in total. The van der Waals surface area contributed by atoms with Crippen molar-refractivity contribution in [3.63, 3.8) is 0 Å². The summed E-state index contributed by atoms with van der Waals surface area (Å²) in [5, 5.41) is 0. The fraction of sp³-hybridized carbons (Fsp3) is 0.235. The second kappa shape index (κ2) is 5.97. The molecule has 2 N–H and O–H groups in total. The van der Waals surface area contributed by atoms with Gasteiger partial charge >= 0.3 is 0 Å². The lowest BCUT2D eigenvalue weighted by atomic mass is 10.1. The van der Waals surface area contributed by atoms with Crippen molar-refractivity contribution in [1.82, 2.24) is 9.38 Å². The van der Waals surface area contributed by atoms with Crippen LogP contribution >= 0.6 is 0 Å². The summed E-state index contributed by atoms with van der Waals surface area (Å²) < 4.78 is 2.06. The number of imidazole rings is 1. The SMILES string of the molecule is CN(CCc1ccccc1)c1nc2ccccn2c1CN. The molecule has 2 heterocycles. The number of benzene rings is 1. The van der Waals surface area contributed by atoms with Gasteiger partial charge in [0.2, 0.25) is 0 Å². The van der Waals surface area contributed by atoms with Gasteiger partial charge in [-0.15, -0.1) is 0 Å². The predicted octanol–water partition coefficient (Wildman–Crippen LogP) is 2.47. The number of aromatic nitrogens is 2. The van der Waals surface area contributed by atoms with Gasteiger partial charge in [0.15, 0.2) is 5.82 Å². The fourth-order valence-electron chi connectivity index (χ4n) is 2.58. The van der Waals surface area contributed by atoms with Crippen molar-refractivity contribution < 1.29 is 0 Å². The molecule has 4 heteroatoms. The van der Waals surface area contributed by atoms with Crippen LogP contribution in [0.25, 0.3) is 5.65 Å². The molecule has 108 valence electrons. The summed E-state index contributed by atoms with van der Waals surface area (Å²) in [5.74, 6) is 0.972. The average Bonchev–Trinajstić information content (AvgIpc) is 2.92. The summed E-state index contributed by atoms with van der Waals surface area (Å²) >= 11 is 0. The van der Waals surface area contributed by atoms with Crippen molar-refractivity contribution in [1.29, 1.82) is 0 Å². The van der Waals surface area contributed by atoms with Gasteiger partial charge in [0.1, 0.15) is 5.65 Å². The number of hydrogen-bond acceptors (Lipinski definition) is 3. The molecule has 3 aromatic rings. The standard InChI is InChI=1S/C17H20N4/c1-20(12-10-14-7-3-2-4-8-14)17-15(13-18)21-11-6-5-9-16(21)19-17/h2-9,11H,10,12-13,18H2,1H3. The molecule has 0 aliphatic rings. The number of pyridine rings is 1. The van der Waals surface area contributed by atoms with E-state index in [9.17, 15) is 0 Å². The Morgan fingerprint density at radius 1 is 1.10 bits per heavy atom. The van der Waals surface area contributed by atoms with Gasteiger partial charge in [0, 0.05) is 26.3 Å². The molecule has 0 saturated carbocycles. The zero-order valence-corrected chi connectivity index (χ0v) is 12.2. The van der Waals surface area contributed by atoms with E-state index in [1.807, 2.05) is 30.5 Å². The molecule has 0 radical (unpaired) electrons. The van der Waals surface area contributed by atoms with Crippen LogP contribution in [0.3, 0.4) is 0 Å². The van der Waals surface area contributed by atoms with Gasteiger partial charge in [0.05, 0.1) is 5.69 Å². The van der Waals surface area contributed by atoms with Gasteiger partial charge in [-0.25, -0.2) is 4.98 Å². The van der Waals surface area contributed by atoms with E-state index in [0.29, 0.717) is 6.54 Å². The maximum Gasteiger partial charge on any atom is 0.152 e. The highest BCUT2D eigenvalue weighted by atomic mass is 15.2. The van der Waals surface area contributed by atoms with E-state index in [1.54, 1.807) is 0 Å². The molecule has 0 spiro atoms. The van der Waals surface area contributed by atoms with Crippen LogP contribution in [-0.4, -0.2) is 23.0 Å². The van der Waals surface area contributed by atoms with Gasteiger partial charge < -0.3 is 15.0 Å². The number of hydrogen-bond donors (Lipinski definition) is 1. The molecule has 3 rings (SSSR count). The minimum Gasteiger partial charge on any atom is -0.358 e. The summed E-state index contributed by atoms with van der Waals surface area (Å²) in [5.41, 5.74) is 9.25. The van der Waals surface area contributed by atoms with E-state index in [-0.39, 0.29) is 0 Å². The molecule has 1 aromatic carbocycles. The van der Waals surface area contributed by atoms with E-state index in [0.717, 1.165) is 30.1 Å². The van der Waals surface area contributed by atoms with Crippen LogP contribution in [-0.2, 0) is 13.0 Å². The molecule has 0 bridgehead atoms. The van der Waals surface area contributed by atoms with Gasteiger partial charge in [0.25, 0.3) is 0 Å². The van der Waals surface area contributed by atoms with Crippen molar-refractivity contribution in [2.45, 2.75) is 13.0 Å². The van der Waals surface area contributed by atoms with Crippen LogP contribution in [0.2, 0.25) is 0 Å². The minimum absolute atomic E-state index is 0.482. The third-order valence-corrected chi connectivity index (χ3v) is 3.74. The highest BCUT2D eigenvalue weighted by Crippen LogP contribution is 2.20. The molecule has 0 atom stereocenters. The molecule has 21 heavy (non-hydrogen) atoms. The lowest BCUT2D eigenvalue weighted by Gasteiger charge is -2.18. The zero-order chi connectivity index (χ0) is 14.7. The summed E-state index contributed by atoms with van der Waals surface area (Å²) in [6.45, 7) is 1.40. The predicted molar refractivity (Wildman–Crippen MR) is 86.5 cm³/mol. The number of nitrogens with zero attached hydrogens (tertiary/aromatic N) is 3. The first kappa shape index (κ1) is 13.6. The fourth-order valence-corrected chi connectivity index (χ4v) is 2.58. The van der Waals surface area contributed by atoms with E-state index >= 15 is 0 Å². The summed E-state index contributed by atoms with van der Waals surface area (Å²) in [4.78, 5) is 6.89. The molecule has 0 saturated heterocycles. The van der Waals surface area contributed by atoms with Crippen LogP contribution in [0, 0.1) is 0 Å². The topological polar surface area (TPSA) is 46.6 Å². The Labute approximate surface area is 124 Å². The van der Waals surface area contributed by atoms with E-state index in [2.05, 4.69) is 40.6 Å². The van der Waals surface area contributed by atoms with Gasteiger partial charge in [-0.05, 0) is 24.1 Å². The highest BCUT2D eigenvalue weighted by molar-refractivity contribution is 5.55. The molecular weight excluding hydrogens is 260 g/mol. The molecular formula is C17H20N4. The van der Waals surface area contributed by atoms with Gasteiger partial charge in [-0.2, -0.15) is 0 Å². The van der Waals surface area contributed by atoms with Crippen molar-refractivity contribution in [3.8, 4) is 0 Å². The molecule has 0 aliphatic heterocycles. The Bertz CT molecular complexity index is 718. The van der Waals surface area contributed by atoms with E-state index in [4.69, 9.17) is 10.7 Å². The summed E-state index contributed by atoms with van der Waals surface area (Å²) in [6.07, 6.45) is 3.01. The minimum atomic E-state index is 0.482. The average molecular weight is 280 g/mol. The maximum absolute atomic E-state index is 5.92. The van der Waals surface area contributed by atoms with Crippen LogP contribution in [0.1, 0.15) is 11.3 Å². The Morgan fingerprint density at radius 2 is 1.86 bits per heavy atom. The van der Waals surface area contributed by atoms with Gasteiger partial charge in [-0.3, -0.25) is 0 Å². The monoisotopic (exact) mass is 280 g/mol. The Kier molecular flexibility index (Phi) is 3.88. The highest BCUT2D eigenvalue weighted by Gasteiger charge is 2.14. The van der Waals surface area contributed by atoms with Crippen LogP contribution < -0.4 is 10.6 Å². The zero-order valence-electron chi connectivity index (χ0n) is 12.2. The summed E-state index contributed by atoms with van der Waals surface area (Å²) in [7, 11) is 2.07. The largest absolute Gasteiger partial charge is 0.358 e. The second-order valence-electron chi connectivity index (χ2n) is 5.17. The van der Waals surface area contributed by atoms with Crippen LogP contribution in [0.5, 0.6) is 0 Å². The number of anilines is 1. The molecule has 0 unspecified atom stereocenters. The third kappa shape index (κ3) is 2.76. The molecule has 0 amide bonds. The number of rotatable bonds is 5. The Balaban J connectivity index is 1.82. The normalized spacial score (nSPS) is 11.0. The lowest BCUT2D eigenvalue weighted by molar-refractivity contribution is 0.846. The molecule has 2 aromatic heterocycles. The number of fused-ring (bicyclic) bond motifs is 1. The van der Waals surface area contributed by atoms with E-state index < -0.39 is 0 Å². The smallest absolute Gasteiger partial charge is 0.152 e. The van der Waals surface area contributed by atoms with Crippen molar-refractivity contribution in [2.75, 3.05) is 18.5 Å². The van der Waals surface area contributed by atoms with Crippen molar-refractivity contribution >= 4 is 11.5 Å². The second-order valence-corrected chi connectivity index (χ2v) is 5.17. The summed E-state index contributed by atoms with van der Waals surface area (Å²) in [6, 6.07) is 16.5. The first-order valence-electron chi connectivity index (χ1n) is 7.20. The molecule has 0 fully saturated rings. The quantitative estimate of drug-likeness (QED) is 0.781. The lowest BCUT2D eigenvalue weighted by Crippen LogP contribution is -2.22. The van der Waals surface area contributed by atoms with Crippen LogP contribution in [0.4, 0.5) is 5.82 Å². The van der Waals surface area contributed by atoms with E-state index in [1.165, 1.54) is 5.56 Å². The van der Waals surface area contributed by atoms with Crippen molar-refractivity contribution in [3.05, 3.63) is 66.0 Å². The Morgan fingerprint density at radius 3 is 2.62 bits per heavy atom. The first-order chi connectivity index (χ1) is 10.3. The molecule has 0 aliphatic carbocycles. The maximum atomic E-state index is 5.92. The van der Waals surface area contributed by atoms with Crippen LogP contribution in [0.15, 0.2) is 54.7 Å².